The van der Waals surface area contributed by atoms with E-state index in [0.29, 0.717) is 17.5 Å². The van der Waals surface area contributed by atoms with Crippen LogP contribution in [0.1, 0.15) is 32.2 Å². The van der Waals surface area contributed by atoms with Crippen molar-refractivity contribution in [1.82, 2.24) is 19.5 Å². The lowest BCUT2D eigenvalue weighted by Gasteiger charge is -2.10. The summed E-state index contributed by atoms with van der Waals surface area (Å²) >= 11 is 0. The Morgan fingerprint density at radius 3 is 2.30 bits per heavy atom. The predicted octanol–water partition coefficient (Wildman–Crippen LogP) is 14.0. The van der Waals surface area contributed by atoms with E-state index < -0.39 is 0 Å². The van der Waals surface area contributed by atoms with Crippen molar-refractivity contribution in [3.63, 3.8) is 0 Å². The largest absolute Gasteiger partial charge is 0.454 e. The summed E-state index contributed by atoms with van der Waals surface area (Å²) in [6.45, 7) is 10.3. The first-order valence-electron chi connectivity index (χ1n) is 19.2. The third-order valence-corrected chi connectivity index (χ3v) is 10.4. The van der Waals surface area contributed by atoms with Crippen LogP contribution in [-0.2, 0) is 0 Å². The van der Waals surface area contributed by atoms with E-state index in [1.54, 1.807) is 6.08 Å². The molecule has 3 aromatic heterocycles. The van der Waals surface area contributed by atoms with Crippen LogP contribution in [0.25, 0.3) is 94.6 Å². The van der Waals surface area contributed by atoms with Gasteiger partial charge < -0.3 is 8.98 Å². The molecular formula is C52H40N4O. The van der Waals surface area contributed by atoms with E-state index in [0.717, 1.165) is 71.7 Å². The first-order chi connectivity index (χ1) is 28.1. The second-order valence-electron chi connectivity index (χ2n) is 14.0. The van der Waals surface area contributed by atoms with Crippen LogP contribution < -0.4 is 0 Å². The number of hydrogen-bond acceptors (Lipinski definition) is 4. The van der Waals surface area contributed by atoms with Crippen molar-refractivity contribution in [2.45, 2.75) is 20.8 Å². The van der Waals surface area contributed by atoms with Crippen molar-refractivity contribution in [3.05, 3.63) is 193 Å². The zero-order chi connectivity index (χ0) is 38.9. The Balaban J connectivity index is 1.28. The van der Waals surface area contributed by atoms with Crippen LogP contribution in [0.4, 0.5) is 0 Å². The number of aromatic nitrogens is 4. The van der Waals surface area contributed by atoms with Gasteiger partial charge in [-0.3, -0.25) is 0 Å². The van der Waals surface area contributed by atoms with Crippen LogP contribution in [-0.4, -0.2) is 19.5 Å². The molecule has 0 N–H and O–H groups in total. The number of rotatable bonds is 9. The van der Waals surface area contributed by atoms with E-state index in [4.69, 9.17) is 19.4 Å². The molecule has 0 aliphatic carbocycles. The number of fused-ring (bicyclic) bond motifs is 7. The number of nitrogens with zero attached hydrogens (tertiary/aromatic N) is 4. The SMILES string of the molecule is C=C\C(=C/C=C(C)/C=C\C=C/C)c1nc(-c2ccc3ccccc3c2)nc(-c2cccc3oc4c(-n5c6ccccc6c6c(/C=C\C)cccc65)cccc4c23)n1. The maximum Gasteiger partial charge on any atom is 0.164 e. The Kier molecular flexibility index (Phi) is 9.33. The van der Waals surface area contributed by atoms with Crippen molar-refractivity contribution in [3.8, 4) is 28.5 Å². The molecule has 0 unspecified atom stereocenters. The Hall–Kier alpha value is -7.37. The predicted molar refractivity (Wildman–Crippen MR) is 240 cm³/mol. The lowest BCUT2D eigenvalue weighted by atomic mass is 10.0. The number of allylic oxidation sites excluding steroid dienone is 10. The van der Waals surface area contributed by atoms with E-state index in [2.05, 4.69) is 152 Å². The molecule has 0 fully saturated rings. The molecule has 9 aromatic rings. The number of hydrogen-bond donors (Lipinski definition) is 0. The van der Waals surface area contributed by atoms with Gasteiger partial charge in [-0.15, -0.1) is 0 Å². The first kappa shape index (κ1) is 35.3. The summed E-state index contributed by atoms with van der Waals surface area (Å²) in [4.78, 5) is 15.4. The zero-order valence-corrected chi connectivity index (χ0v) is 32.1. The average Bonchev–Trinajstić information content (AvgIpc) is 3.80. The monoisotopic (exact) mass is 736 g/mol. The Morgan fingerprint density at radius 1 is 0.667 bits per heavy atom. The van der Waals surface area contributed by atoms with Crippen molar-refractivity contribution in [2.75, 3.05) is 0 Å². The highest BCUT2D eigenvalue weighted by molar-refractivity contribution is 6.17. The minimum atomic E-state index is 0.535. The summed E-state index contributed by atoms with van der Waals surface area (Å²) in [5, 5.41) is 6.60. The minimum absolute atomic E-state index is 0.535. The van der Waals surface area contributed by atoms with Gasteiger partial charge in [-0.2, -0.15) is 0 Å². The third-order valence-electron chi connectivity index (χ3n) is 10.4. The average molecular weight is 737 g/mol. The van der Waals surface area contributed by atoms with Crippen LogP contribution in [0.2, 0.25) is 0 Å². The fourth-order valence-corrected chi connectivity index (χ4v) is 7.73. The highest BCUT2D eigenvalue weighted by Gasteiger charge is 2.22. The summed E-state index contributed by atoms with van der Waals surface area (Å²) in [6, 6.07) is 42.2. The first-order valence-corrected chi connectivity index (χ1v) is 19.2. The van der Waals surface area contributed by atoms with E-state index in [-0.39, 0.29) is 0 Å². The van der Waals surface area contributed by atoms with Gasteiger partial charge in [0.1, 0.15) is 5.58 Å². The van der Waals surface area contributed by atoms with Crippen molar-refractivity contribution < 1.29 is 4.42 Å². The van der Waals surface area contributed by atoms with Gasteiger partial charge in [0.15, 0.2) is 23.1 Å². The molecule has 0 spiro atoms. The molecule has 0 aliphatic heterocycles. The topological polar surface area (TPSA) is 56.7 Å². The van der Waals surface area contributed by atoms with Gasteiger partial charge in [0.25, 0.3) is 0 Å². The number of benzene rings is 6. The molecule has 0 aliphatic rings. The van der Waals surface area contributed by atoms with Crippen LogP contribution >= 0.6 is 0 Å². The highest BCUT2D eigenvalue weighted by Crippen LogP contribution is 2.42. The van der Waals surface area contributed by atoms with Gasteiger partial charge in [-0.1, -0.05) is 158 Å². The number of furan rings is 1. The normalized spacial score (nSPS) is 12.9. The summed E-state index contributed by atoms with van der Waals surface area (Å²) in [7, 11) is 0. The lowest BCUT2D eigenvalue weighted by Crippen LogP contribution is -2.02. The smallest absolute Gasteiger partial charge is 0.164 e. The summed E-state index contributed by atoms with van der Waals surface area (Å²) in [5.74, 6) is 1.67. The molecule has 0 saturated heterocycles. The molecule has 0 radical (unpaired) electrons. The molecule has 0 bridgehead atoms. The van der Waals surface area contributed by atoms with Crippen LogP contribution in [0.5, 0.6) is 0 Å². The molecule has 274 valence electrons. The van der Waals surface area contributed by atoms with E-state index in [1.807, 2.05) is 49.4 Å². The fourth-order valence-electron chi connectivity index (χ4n) is 7.73. The van der Waals surface area contributed by atoms with Gasteiger partial charge in [0.05, 0.1) is 16.7 Å². The quantitative estimate of drug-likeness (QED) is 0.138. The maximum atomic E-state index is 6.86. The van der Waals surface area contributed by atoms with E-state index in [9.17, 15) is 0 Å². The fraction of sp³-hybridized carbons (Fsp3) is 0.0577. The van der Waals surface area contributed by atoms with Crippen LogP contribution in [0.3, 0.4) is 0 Å². The molecule has 6 aromatic carbocycles. The standard InChI is InChI=1S/C52H40N4O/c1-5-8-9-18-34(4)29-30-35(7-3)50-53-51(39-32-31-36-19-10-11-20-38(36)33-39)55-52(54-50)42-24-16-28-46-48(42)41-23-15-27-45(49(41)57-46)56-43-25-13-12-22-40(43)47-37(17-6-2)21-14-26-44(47)56/h5-33H,3H2,1-2,4H3/b8-5-,17-6-,18-9-,34-29+,35-30+. The Labute approximate surface area is 331 Å². The summed E-state index contributed by atoms with van der Waals surface area (Å²) in [6.07, 6.45) is 18.2. The van der Waals surface area contributed by atoms with E-state index in [1.165, 1.54) is 16.3 Å². The molecule has 5 heteroatoms. The Morgan fingerprint density at radius 2 is 1.44 bits per heavy atom. The molecule has 0 amide bonds. The molecule has 3 heterocycles. The third kappa shape index (κ3) is 6.39. The van der Waals surface area contributed by atoms with Gasteiger partial charge in [0, 0.05) is 38.2 Å². The minimum Gasteiger partial charge on any atom is -0.454 e. The zero-order valence-electron chi connectivity index (χ0n) is 32.1. The van der Waals surface area contributed by atoms with Crippen molar-refractivity contribution in [2.24, 2.45) is 0 Å². The maximum absolute atomic E-state index is 6.86. The molecular weight excluding hydrogens is 697 g/mol. The summed E-state index contributed by atoms with van der Waals surface area (Å²) < 4.78 is 9.18. The van der Waals surface area contributed by atoms with Gasteiger partial charge >= 0.3 is 0 Å². The van der Waals surface area contributed by atoms with Gasteiger partial charge in [0.2, 0.25) is 0 Å². The van der Waals surface area contributed by atoms with Crippen molar-refractivity contribution in [1.29, 1.82) is 0 Å². The molecule has 9 rings (SSSR count). The molecule has 57 heavy (non-hydrogen) atoms. The Bertz CT molecular complexity index is 3180. The summed E-state index contributed by atoms with van der Waals surface area (Å²) in [5.41, 5.74) is 9.56. The highest BCUT2D eigenvalue weighted by atomic mass is 16.3. The lowest BCUT2D eigenvalue weighted by molar-refractivity contribution is 0.666. The second-order valence-corrected chi connectivity index (χ2v) is 14.0. The molecule has 0 saturated carbocycles. The second kappa shape index (κ2) is 15.0. The van der Waals surface area contributed by atoms with Gasteiger partial charge in [-0.05, 0) is 67.4 Å². The van der Waals surface area contributed by atoms with Crippen LogP contribution in [0, 0.1) is 0 Å². The number of para-hydroxylation sites is 2. The van der Waals surface area contributed by atoms with E-state index >= 15 is 0 Å². The van der Waals surface area contributed by atoms with Gasteiger partial charge in [-0.25, -0.2) is 15.0 Å². The molecule has 0 atom stereocenters. The van der Waals surface area contributed by atoms with Crippen LogP contribution in [0.15, 0.2) is 187 Å². The van der Waals surface area contributed by atoms with Crippen molar-refractivity contribution >= 4 is 66.2 Å². The molecule has 5 nitrogen and oxygen atoms in total.